The molecule has 2 aliphatic heterocycles. The Morgan fingerprint density at radius 2 is 2.06 bits per heavy atom. The standard InChI is InChI=1S/C25H25ClFN3O6/c1-32-6-2-3-12-7-13-4-5-18(20(13)15(27)8-12)35-24-14(26)9-16-23(29-24)30-25(28-16)36-19-11-34-21-17(31)10-33-22(19)21/h2-3,7-9,17-19,21-22,31H,4-6,10-11H2,1H3,(H,28,29,30)/b3-2+/t17-,18?,19-,21?,22?/m1/s1. The van der Waals surface area contributed by atoms with E-state index in [1.54, 1.807) is 13.2 Å². The van der Waals surface area contributed by atoms with Gasteiger partial charge in [0.05, 0.1) is 25.3 Å². The van der Waals surface area contributed by atoms with E-state index in [9.17, 15) is 5.11 Å². The molecule has 2 fully saturated rings. The van der Waals surface area contributed by atoms with Gasteiger partial charge < -0.3 is 33.8 Å². The maximum Gasteiger partial charge on any atom is 0.296 e. The number of ether oxygens (including phenoxy) is 5. The van der Waals surface area contributed by atoms with Crippen LogP contribution < -0.4 is 9.47 Å². The summed E-state index contributed by atoms with van der Waals surface area (Å²) in [5, 5.41) is 10.2. The Morgan fingerprint density at radius 3 is 2.92 bits per heavy atom. The molecule has 4 heterocycles. The van der Waals surface area contributed by atoms with E-state index in [0.29, 0.717) is 36.2 Å². The summed E-state index contributed by atoms with van der Waals surface area (Å²) in [6, 6.07) is 5.34. The lowest BCUT2D eigenvalue weighted by atomic mass is 10.0. The summed E-state index contributed by atoms with van der Waals surface area (Å²) >= 11 is 6.45. The Kier molecular flexibility index (Phi) is 6.30. The number of aromatic amines is 1. The highest BCUT2D eigenvalue weighted by atomic mass is 35.5. The number of aliphatic hydroxyl groups excluding tert-OH is 1. The summed E-state index contributed by atoms with van der Waals surface area (Å²) in [4.78, 5) is 11.9. The molecule has 0 amide bonds. The van der Waals surface area contributed by atoms with E-state index in [2.05, 4.69) is 15.0 Å². The van der Waals surface area contributed by atoms with Gasteiger partial charge in [-0.15, -0.1) is 0 Å². The Balaban J connectivity index is 1.20. The minimum atomic E-state index is -0.663. The Hall–Kier alpha value is -2.76. The number of aliphatic hydroxyl groups is 1. The highest BCUT2D eigenvalue weighted by Crippen LogP contribution is 2.39. The smallest absolute Gasteiger partial charge is 0.296 e. The lowest BCUT2D eigenvalue weighted by Crippen LogP contribution is -2.34. The van der Waals surface area contributed by atoms with Crippen LogP contribution in [0.1, 0.15) is 29.2 Å². The van der Waals surface area contributed by atoms with Gasteiger partial charge in [-0.05, 0) is 36.1 Å². The first-order valence-electron chi connectivity index (χ1n) is 11.8. The average molecular weight is 518 g/mol. The molecule has 3 aromatic rings. The first kappa shape index (κ1) is 23.6. The van der Waals surface area contributed by atoms with Gasteiger partial charge in [-0.3, -0.25) is 0 Å². The molecule has 0 saturated carbocycles. The molecule has 190 valence electrons. The van der Waals surface area contributed by atoms with E-state index in [4.69, 9.17) is 35.3 Å². The number of hydrogen-bond donors (Lipinski definition) is 2. The molecule has 2 saturated heterocycles. The number of nitrogens with zero attached hydrogens (tertiary/aromatic N) is 2. The lowest BCUT2D eigenvalue weighted by molar-refractivity contribution is 0.00706. The maximum atomic E-state index is 15.0. The molecule has 0 bridgehead atoms. The summed E-state index contributed by atoms with van der Waals surface area (Å²) in [7, 11) is 1.61. The molecule has 5 atom stereocenters. The Bertz CT molecular complexity index is 1320. The fraction of sp³-hybridized carbons (Fsp3) is 0.440. The second-order valence-corrected chi connectivity index (χ2v) is 9.49. The van der Waals surface area contributed by atoms with Crippen LogP contribution in [0.25, 0.3) is 17.2 Å². The number of fused-ring (bicyclic) bond motifs is 3. The second-order valence-electron chi connectivity index (χ2n) is 9.09. The first-order valence-corrected chi connectivity index (χ1v) is 12.2. The van der Waals surface area contributed by atoms with Crippen molar-refractivity contribution in [3.8, 4) is 11.9 Å². The van der Waals surface area contributed by atoms with Crippen molar-refractivity contribution in [2.75, 3.05) is 26.9 Å². The fourth-order valence-electron chi connectivity index (χ4n) is 5.03. The zero-order chi connectivity index (χ0) is 24.8. The average Bonchev–Trinajstić information content (AvgIpc) is 3.61. The molecule has 3 aliphatic rings. The molecular formula is C25H25ClFN3O6. The molecule has 6 rings (SSSR count). The molecule has 2 N–H and O–H groups in total. The summed E-state index contributed by atoms with van der Waals surface area (Å²) in [6.45, 7) is 0.954. The number of benzene rings is 1. The van der Waals surface area contributed by atoms with E-state index in [-0.39, 0.29) is 42.0 Å². The van der Waals surface area contributed by atoms with Gasteiger partial charge in [0.25, 0.3) is 6.01 Å². The predicted octanol–water partition coefficient (Wildman–Crippen LogP) is 3.38. The zero-order valence-electron chi connectivity index (χ0n) is 19.4. The zero-order valence-corrected chi connectivity index (χ0v) is 20.2. The van der Waals surface area contributed by atoms with Crippen molar-refractivity contribution in [1.82, 2.24) is 15.0 Å². The third-order valence-corrected chi connectivity index (χ3v) is 6.95. The summed E-state index contributed by atoms with van der Waals surface area (Å²) in [5.41, 5.74) is 3.13. The quantitative estimate of drug-likeness (QED) is 0.491. The molecule has 2 aromatic heterocycles. The van der Waals surface area contributed by atoms with Crippen LogP contribution in [0.4, 0.5) is 4.39 Å². The van der Waals surface area contributed by atoms with E-state index < -0.39 is 24.4 Å². The van der Waals surface area contributed by atoms with E-state index in [1.165, 1.54) is 6.07 Å². The van der Waals surface area contributed by atoms with Gasteiger partial charge in [0, 0.05) is 12.7 Å². The molecular weight excluding hydrogens is 493 g/mol. The lowest BCUT2D eigenvalue weighted by Gasteiger charge is -2.16. The van der Waals surface area contributed by atoms with Crippen molar-refractivity contribution in [2.45, 2.75) is 43.4 Å². The maximum absolute atomic E-state index is 15.0. The Morgan fingerprint density at radius 1 is 1.19 bits per heavy atom. The number of pyridine rings is 1. The van der Waals surface area contributed by atoms with Crippen molar-refractivity contribution in [1.29, 1.82) is 0 Å². The van der Waals surface area contributed by atoms with Gasteiger partial charge in [0.2, 0.25) is 5.88 Å². The number of rotatable bonds is 7. The first-order chi connectivity index (χ1) is 17.5. The van der Waals surface area contributed by atoms with E-state index in [1.807, 2.05) is 18.2 Å². The van der Waals surface area contributed by atoms with Gasteiger partial charge in [0.15, 0.2) is 11.8 Å². The van der Waals surface area contributed by atoms with Crippen molar-refractivity contribution >= 4 is 28.8 Å². The number of aryl methyl sites for hydroxylation is 1. The van der Waals surface area contributed by atoms with Crippen molar-refractivity contribution < 1.29 is 33.2 Å². The third kappa shape index (κ3) is 4.33. The van der Waals surface area contributed by atoms with E-state index in [0.717, 1.165) is 11.1 Å². The molecule has 36 heavy (non-hydrogen) atoms. The van der Waals surface area contributed by atoms with Gasteiger partial charge in [-0.25, -0.2) is 4.39 Å². The van der Waals surface area contributed by atoms with Crippen LogP contribution in [0, 0.1) is 5.82 Å². The monoisotopic (exact) mass is 517 g/mol. The van der Waals surface area contributed by atoms with Gasteiger partial charge in [0.1, 0.15) is 35.3 Å². The minimum absolute atomic E-state index is 0.176. The van der Waals surface area contributed by atoms with Crippen LogP contribution >= 0.6 is 11.6 Å². The summed E-state index contributed by atoms with van der Waals surface area (Å²) in [5.74, 6) is -0.147. The highest BCUT2D eigenvalue weighted by molar-refractivity contribution is 6.32. The van der Waals surface area contributed by atoms with Crippen LogP contribution in [0.5, 0.6) is 11.9 Å². The van der Waals surface area contributed by atoms with Crippen LogP contribution in [0.2, 0.25) is 5.02 Å². The molecule has 0 radical (unpaired) electrons. The van der Waals surface area contributed by atoms with Crippen LogP contribution in [-0.2, 0) is 20.6 Å². The number of aromatic nitrogens is 3. The second kappa shape index (κ2) is 9.60. The SMILES string of the molecule is COC/C=C/c1cc(F)c2c(c1)CCC2Oc1nc2nc(O[C@@H]3COC4C3OC[C@H]4O)[nH]c2cc1Cl. The third-order valence-electron chi connectivity index (χ3n) is 6.68. The normalized spacial score (nSPS) is 27.2. The molecule has 1 aromatic carbocycles. The van der Waals surface area contributed by atoms with E-state index >= 15 is 4.39 Å². The molecule has 1 aliphatic carbocycles. The van der Waals surface area contributed by atoms with Crippen LogP contribution in [-0.4, -0.2) is 71.4 Å². The van der Waals surface area contributed by atoms with Gasteiger partial charge >= 0.3 is 0 Å². The molecule has 0 spiro atoms. The number of hydrogen-bond acceptors (Lipinski definition) is 8. The van der Waals surface area contributed by atoms with Gasteiger partial charge in [-0.1, -0.05) is 29.8 Å². The predicted molar refractivity (Wildman–Crippen MR) is 128 cm³/mol. The van der Waals surface area contributed by atoms with Crippen molar-refractivity contribution in [2.24, 2.45) is 0 Å². The number of nitrogens with one attached hydrogen (secondary N) is 1. The number of imidazole rings is 1. The fourth-order valence-corrected chi connectivity index (χ4v) is 5.23. The Labute approximate surface area is 211 Å². The van der Waals surface area contributed by atoms with Crippen LogP contribution in [0.15, 0.2) is 24.3 Å². The summed E-state index contributed by atoms with van der Waals surface area (Å²) in [6.07, 6.45) is 2.62. The number of methoxy groups -OCH3 is 1. The molecule has 3 unspecified atom stereocenters. The molecule has 9 nitrogen and oxygen atoms in total. The summed E-state index contributed by atoms with van der Waals surface area (Å²) < 4.78 is 43.2. The van der Waals surface area contributed by atoms with Crippen molar-refractivity contribution in [3.05, 3.63) is 51.8 Å². The van der Waals surface area contributed by atoms with Crippen molar-refractivity contribution in [3.63, 3.8) is 0 Å². The highest BCUT2D eigenvalue weighted by Gasteiger charge is 2.48. The number of halogens is 2. The van der Waals surface area contributed by atoms with Crippen LogP contribution in [0.3, 0.4) is 0 Å². The molecule has 11 heteroatoms. The number of H-pyrrole nitrogens is 1. The van der Waals surface area contributed by atoms with Gasteiger partial charge in [-0.2, -0.15) is 9.97 Å². The largest absolute Gasteiger partial charge is 0.468 e. The topological polar surface area (TPSA) is 108 Å². The minimum Gasteiger partial charge on any atom is -0.468 e.